The number of para-hydroxylation sites is 4. The number of imidazole rings is 2. The minimum atomic E-state index is -3.83. The highest BCUT2D eigenvalue weighted by atomic mass is 32.2. The third kappa shape index (κ3) is 3.95. The van der Waals surface area contributed by atoms with E-state index in [9.17, 15) is 8.42 Å². The van der Waals surface area contributed by atoms with E-state index in [2.05, 4.69) is 24.7 Å². The monoisotopic (exact) mass is 447 g/mol. The molecular weight excluding hydrogens is 426 g/mol. The van der Waals surface area contributed by atoms with E-state index in [0.29, 0.717) is 23.8 Å². The lowest BCUT2D eigenvalue weighted by Gasteiger charge is -2.16. The van der Waals surface area contributed by atoms with Crippen LogP contribution in [0.2, 0.25) is 0 Å². The van der Waals surface area contributed by atoms with Crippen molar-refractivity contribution in [3.8, 4) is 5.75 Å². The number of hydrogen-bond acceptors (Lipinski definition) is 5. The fraction of sp³-hybridized carbons (Fsp3) is 0.130. The Morgan fingerprint density at radius 3 is 2.12 bits per heavy atom. The highest BCUT2D eigenvalue weighted by Crippen LogP contribution is 2.23. The van der Waals surface area contributed by atoms with Gasteiger partial charge in [-0.1, -0.05) is 24.3 Å². The molecule has 3 N–H and O–H groups in total. The normalized spacial score (nSPS) is 12.9. The molecule has 3 aromatic carbocycles. The van der Waals surface area contributed by atoms with Crippen molar-refractivity contribution in [3.05, 3.63) is 84.4 Å². The van der Waals surface area contributed by atoms with Crippen LogP contribution in [-0.4, -0.2) is 35.5 Å². The van der Waals surface area contributed by atoms with Crippen LogP contribution in [0.3, 0.4) is 0 Å². The molecule has 0 radical (unpaired) electrons. The van der Waals surface area contributed by atoms with Gasteiger partial charge in [0.15, 0.2) is 0 Å². The fourth-order valence-electron chi connectivity index (χ4n) is 3.64. The maximum absolute atomic E-state index is 13.2. The molecule has 0 fully saturated rings. The van der Waals surface area contributed by atoms with Crippen molar-refractivity contribution < 1.29 is 13.2 Å². The Morgan fingerprint density at radius 2 is 1.50 bits per heavy atom. The lowest BCUT2D eigenvalue weighted by atomic mass is 10.2. The van der Waals surface area contributed by atoms with Gasteiger partial charge in [0.2, 0.25) is 10.0 Å². The molecule has 0 amide bonds. The van der Waals surface area contributed by atoms with Crippen molar-refractivity contribution in [3.63, 3.8) is 0 Å². The van der Waals surface area contributed by atoms with Crippen LogP contribution in [0, 0.1) is 0 Å². The zero-order valence-corrected chi connectivity index (χ0v) is 18.1. The minimum Gasteiger partial charge on any atom is -0.497 e. The van der Waals surface area contributed by atoms with Gasteiger partial charge in [0.05, 0.1) is 40.1 Å². The summed E-state index contributed by atoms with van der Waals surface area (Å²) in [6.07, 6.45) is 0.296. The number of aromatic amines is 2. The Hall–Kier alpha value is -3.69. The quantitative estimate of drug-likeness (QED) is 0.352. The topological polar surface area (TPSA) is 113 Å². The van der Waals surface area contributed by atoms with Crippen molar-refractivity contribution in [2.75, 3.05) is 7.11 Å². The first kappa shape index (κ1) is 20.2. The van der Waals surface area contributed by atoms with Gasteiger partial charge < -0.3 is 14.7 Å². The Morgan fingerprint density at radius 1 is 0.875 bits per heavy atom. The molecule has 1 unspecified atom stereocenters. The van der Waals surface area contributed by atoms with E-state index in [1.807, 2.05) is 48.5 Å². The molecule has 5 rings (SSSR count). The summed E-state index contributed by atoms with van der Waals surface area (Å²) in [7, 11) is -2.29. The minimum absolute atomic E-state index is 0.143. The van der Waals surface area contributed by atoms with Crippen molar-refractivity contribution in [2.45, 2.75) is 17.4 Å². The van der Waals surface area contributed by atoms with Gasteiger partial charge >= 0.3 is 0 Å². The fourth-order valence-corrected chi connectivity index (χ4v) is 4.84. The molecule has 9 heteroatoms. The van der Waals surface area contributed by atoms with E-state index in [-0.39, 0.29) is 4.90 Å². The number of nitrogens with zero attached hydrogens (tertiary/aromatic N) is 2. The van der Waals surface area contributed by atoms with Crippen LogP contribution < -0.4 is 9.46 Å². The third-order valence-corrected chi connectivity index (χ3v) is 6.73. The van der Waals surface area contributed by atoms with Gasteiger partial charge in [-0.25, -0.2) is 23.1 Å². The van der Waals surface area contributed by atoms with E-state index >= 15 is 0 Å². The number of fused-ring (bicyclic) bond motifs is 2. The molecule has 32 heavy (non-hydrogen) atoms. The second kappa shape index (κ2) is 8.10. The van der Waals surface area contributed by atoms with Crippen LogP contribution in [0.15, 0.2) is 77.7 Å². The van der Waals surface area contributed by atoms with Crippen LogP contribution in [0.25, 0.3) is 22.1 Å². The molecule has 162 valence electrons. The average molecular weight is 448 g/mol. The van der Waals surface area contributed by atoms with Gasteiger partial charge in [0, 0.05) is 6.42 Å². The number of H-pyrrole nitrogens is 2. The van der Waals surface area contributed by atoms with Gasteiger partial charge in [0.1, 0.15) is 17.4 Å². The number of sulfonamides is 1. The van der Waals surface area contributed by atoms with Crippen LogP contribution >= 0.6 is 0 Å². The first-order valence-electron chi connectivity index (χ1n) is 10.1. The maximum Gasteiger partial charge on any atom is 0.241 e. The molecule has 0 bridgehead atoms. The third-order valence-electron chi connectivity index (χ3n) is 5.24. The summed E-state index contributed by atoms with van der Waals surface area (Å²) in [5.41, 5.74) is 3.31. The number of aromatic nitrogens is 4. The molecule has 0 saturated heterocycles. The number of methoxy groups -OCH3 is 1. The Bertz CT molecular complexity index is 1420. The highest BCUT2D eigenvalue weighted by molar-refractivity contribution is 7.89. The van der Waals surface area contributed by atoms with Crippen molar-refractivity contribution in [1.29, 1.82) is 0 Å². The van der Waals surface area contributed by atoms with Crippen molar-refractivity contribution in [2.24, 2.45) is 0 Å². The highest BCUT2D eigenvalue weighted by Gasteiger charge is 2.25. The zero-order chi connectivity index (χ0) is 22.1. The number of nitrogens with one attached hydrogen (secondary N) is 3. The standard InChI is InChI=1S/C23H21N5O3S/c1-31-15-10-12-16(13-11-15)32(29,30)28-21(23-26-19-8-4-5-9-20(19)27-23)14-22-24-17-6-2-3-7-18(17)25-22/h2-13,21,28H,14H2,1H3,(H,24,25)(H,26,27). The Kier molecular flexibility index (Phi) is 5.12. The van der Waals surface area contributed by atoms with Crippen LogP contribution in [0.4, 0.5) is 0 Å². The van der Waals surface area contributed by atoms with Gasteiger partial charge in [-0.3, -0.25) is 0 Å². The van der Waals surface area contributed by atoms with E-state index in [4.69, 9.17) is 4.74 Å². The predicted octanol–water partition coefficient (Wildman–Crippen LogP) is 3.71. The van der Waals surface area contributed by atoms with Crippen LogP contribution in [0.1, 0.15) is 17.7 Å². The molecular formula is C23H21N5O3S. The Balaban J connectivity index is 1.52. The second-order valence-electron chi connectivity index (χ2n) is 7.39. The second-order valence-corrected chi connectivity index (χ2v) is 9.11. The molecule has 0 spiro atoms. The molecule has 2 aromatic heterocycles. The number of benzene rings is 3. The average Bonchev–Trinajstić information content (AvgIpc) is 3.42. The van der Waals surface area contributed by atoms with Crippen molar-refractivity contribution >= 4 is 32.1 Å². The number of rotatable bonds is 7. The summed E-state index contributed by atoms with van der Waals surface area (Å²) in [5.74, 6) is 1.76. The summed E-state index contributed by atoms with van der Waals surface area (Å²) < 4.78 is 34.3. The molecule has 0 aliphatic rings. The van der Waals surface area contributed by atoms with Gasteiger partial charge in [-0.15, -0.1) is 0 Å². The summed E-state index contributed by atoms with van der Waals surface area (Å²) in [5, 5.41) is 0. The molecule has 2 heterocycles. The van der Waals surface area contributed by atoms with Gasteiger partial charge in [0.25, 0.3) is 0 Å². The lowest BCUT2D eigenvalue weighted by Crippen LogP contribution is -2.31. The molecule has 0 saturated carbocycles. The lowest BCUT2D eigenvalue weighted by molar-refractivity contribution is 0.414. The summed E-state index contributed by atoms with van der Waals surface area (Å²) in [6.45, 7) is 0. The number of ether oxygens (including phenoxy) is 1. The molecule has 8 nitrogen and oxygen atoms in total. The number of hydrogen-bond donors (Lipinski definition) is 3. The molecule has 0 aliphatic carbocycles. The largest absolute Gasteiger partial charge is 0.497 e. The van der Waals surface area contributed by atoms with E-state index in [1.54, 1.807) is 12.1 Å². The molecule has 5 aromatic rings. The van der Waals surface area contributed by atoms with Gasteiger partial charge in [-0.2, -0.15) is 0 Å². The van der Waals surface area contributed by atoms with E-state index in [1.165, 1.54) is 19.2 Å². The van der Waals surface area contributed by atoms with Crippen molar-refractivity contribution in [1.82, 2.24) is 24.7 Å². The molecule has 1 atom stereocenters. The van der Waals surface area contributed by atoms with Gasteiger partial charge in [-0.05, 0) is 48.5 Å². The van der Waals surface area contributed by atoms with E-state index in [0.717, 1.165) is 22.1 Å². The smallest absolute Gasteiger partial charge is 0.241 e. The SMILES string of the molecule is COc1ccc(S(=O)(=O)NC(Cc2nc3ccccc3[nH]2)c2nc3ccccc3[nH]2)cc1. The summed E-state index contributed by atoms with van der Waals surface area (Å²) >= 11 is 0. The Labute approximate surface area is 184 Å². The first-order chi connectivity index (χ1) is 15.5. The predicted molar refractivity (Wildman–Crippen MR) is 122 cm³/mol. The molecule has 0 aliphatic heterocycles. The van der Waals surface area contributed by atoms with Crippen LogP contribution in [0.5, 0.6) is 5.75 Å². The maximum atomic E-state index is 13.2. The van der Waals surface area contributed by atoms with Crippen LogP contribution in [-0.2, 0) is 16.4 Å². The first-order valence-corrected chi connectivity index (χ1v) is 11.5. The summed E-state index contributed by atoms with van der Waals surface area (Å²) in [6, 6.07) is 20.9. The van der Waals surface area contributed by atoms with E-state index < -0.39 is 16.1 Å². The zero-order valence-electron chi connectivity index (χ0n) is 17.2. The summed E-state index contributed by atoms with van der Waals surface area (Å²) in [4.78, 5) is 15.9.